The fraction of sp³-hybridized carbons (Fsp3) is 1.00. The Balaban J connectivity index is 1.50. The summed E-state index contributed by atoms with van der Waals surface area (Å²) in [4.78, 5) is 0. The highest BCUT2D eigenvalue weighted by molar-refractivity contribution is 4.94. The predicted octanol–water partition coefficient (Wildman–Crippen LogP) is 3.47. The Bertz CT molecular complexity index is 277. The van der Waals surface area contributed by atoms with Crippen LogP contribution in [0, 0.1) is 11.3 Å². The van der Waals surface area contributed by atoms with Gasteiger partial charge in [-0.25, -0.2) is 0 Å². The van der Waals surface area contributed by atoms with E-state index in [1.54, 1.807) is 0 Å². The minimum Gasteiger partial charge on any atom is -0.314 e. The first-order valence-electron chi connectivity index (χ1n) is 8.74. The van der Waals surface area contributed by atoms with Gasteiger partial charge in [0.15, 0.2) is 0 Å². The maximum atomic E-state index is 3.98. The van der Waals surface area contributed by atoms with Crippen molar-refractivity contribution in [2.24, 2.45) is 11.3 Å². The van der Waals surface area contributed by atoms with Crippen LogP contribution in [0.3, 0.4) is 0 Å². The van der Waals surface area contributed by atoms with Crippen molar-refractivity contribution >= 4 is 0 Å². The summed E-state index contributed by atoms with van der Waals surface area (Å²) in [6, 6.07) is 1.62. The molecule has 2 aliphatic carbocycles. The van der Waals surface area contributed by atoms with Gasteiger partial charge in [-0.05, 0) is 56.4 Å². The van der Waals surface area contributed by atoms with Gasteiger partial charge in [-0.3, -0.25) is 0 Å². The number of nitrogens with one attached hydrogen (secondary N) is 2. The SMILES string of the molecule is CC1(CNC2CCCC2C2CCCN2)CCCCC1. The summed E-state index contributed by atoms with van der Waals surface area (Å²) in [6.07, 6.45) is 14.4. The van der Waals surface area contributed by atoms with Gasteiger partial charge in [0.25, 0.3) is 0 Å². The fourth-order valence-corrected chi connectivity index (χ4v) is 4.76. The number of rotatable bonds is 4. The Kier molecular flexibility index (Phi) is 4.48. The van der Waals surface area contributed by atoms with Gasteiger partial charge in [0.2, 0.25) is 0 Å². The number of hydrogen-bond acceptors (Lipinski definition) is 2. The summed E-state index contributed by atoms with van der Waals surface area (Å²) in [5, 5.41) is 7.71. The Morgan fingerprint density at radius 2 is 1.84 bits per heavy atom. The molecule has 2 saturated carbocycles. The molecule has 3 fully saturated rings. The third kappa shape index (κ3) is 3.33. The van der Waals surface area contributed by atoms with Gasteiger partial charge in [-0.1, -0.05) is 32.6 Å². The molecular weight excluding hydrogens is 232 g/mol. The van der Waals surface area contributed by atoms with Crippen LogP contribution in [0.25, 0.3) is 0 Å². The van der Waals surface area contributed by atoms with E-state index in [1.807, 2.05) is 0 Å². The average molecular weight is 264 g/mol. The van der Waals surface area contributed by atoms with Gasteiger partial charge in [-0.15, -0.1) is 0 Å². The highest BCUT2D eigenvalue weighted by Crippen LogP contribution is 2.37. The van der Waals surface area contributed by atoms with Gasteiger partial charge < -0.3 is 10.6 Å². The predicted molar refractivity (Wildman–Crippen MR) is 81.3 cm³/mol. The zero-order valence-electron chi connectivity index (χ0n) is 12.7. The Hall–Kier alpha value is -0.0800. The molecule has 2 nitrogen and oxygen atoms in total. The lowest BCUT2D eigenvalue weighted by molar-refractivity contribution is 0.189. The smallest absolute Gasteiger partial charge is 0.0111 e. The van der Waals surface area contributed by atoms with E-state index in [9.17, 15) is 0 Å². The van der Waals surface area contributed by atoms with E-state index in [4.69, 9.17) is 0 Å². The maximum absolute atomic E-state index is 3.98. The van der Waals surface area contributed by atoms with E-state index in [0.717, 1.165) is 18.0 Å². The highest BCUT2D eigenvalue weighted by atomic mass is 15.0. The molecule has 0 aromatic heterocycles. The molecule has 3 atom stereocenters. The van der Waals surface area contributed by atoms with Crippen LogP contribution in [0.1, 0.15) is 71.1 Å². The number of hydrogen-bond donors (Lipinski definition) is 2. The van der Waals surface area contributed by atoms with Crippen molar-refractivity contribution in [1.29, 1.82) is 0 Å². The third-order valence-corrected chi connectivity index (χ3v) is 6.04. The van der Waals surface area contributed by atoms with Crippen LogP contribution in [-0.2, 0) is 0 Å². The largest absolute Gasteiger partial charge is 0.314 e. The van der Waals surface area contributed by atoms with Crippen LogP contribution < -0.4 is 10.6 Å². The molecule has 0 spiro atoms. The van der Waals surface area contributed by atoms with Gasteiger partial charge in [0.1, 0.15) is 0 Å². The minimum atomic E-state index is 0.592. The second-order valence-corrected chi connectivity index (χ2v) is 7.66. The first kappa shape index (κ1) is 13.9. The van der Waals surface area contributed by atoms with E-state index in [2.05, 4.69) is 17.6 Å². The molecule has 0 amide bonds. The molecule has 2 N–H and O–H groups in total. The van der Waals surface area contributed by atoms with E-state index in [0.29, 0.717) is 5.41 Å². The van der Waals surface area contributed by atoms with Crippen molar-refractivity contribution in [3.05, 3.63) is 0 Å². The zero-order valence-corrected chi connectivity index (χ0v) is 12.7. The summed E-state index contributed by atoms with van der Waals surface area (Å²) in [7, 11) is 0. The van der Waals surface area contributed by atoms with Gasteiger partial charge >= 0.3 is 0 Å². The van der Waals surface area contributed by atoms with Crippen LogP contribution in [0.5, 0.6) is 0 Å². The van der Waals surface area contributed by atoms with Crippen molar-refractivity contribution in [2.45, 2.75) is 83.2 Å². The van der Waals surface area contributed by atoms with Crippen LogP contribution >= 0.6 is 0 Å². The molecule has 3 aliphatic rings. The molecule has 19 heavy (non-hydrogen) atoms. The van der Waals surface area contributed by atoms with Crippen molar-refractivity contribution in [2.75, 3.05) is 13.1 Å². The molecule has 0 aromatic carbocycles. The summed E-state index contributed by atoms with van der Waals surface area (Å²) in [5.74, 6) is 0.912. The first-order valence-corrected chi connectivity index (χ1v) is 8.74. The molecule has 110 valence electrons. The molecule has 0 radical (unpaired) electrons. The average Bonchev–Trinajstić information content (AvgIpc) is 3.08. The highest BCUT2D eigenvalue weighted by Gasteiger charge is 2.36. The van der Waals surface area contributed by atoms with Crippen LogP contribution in [0.2, 0.25) is 0 Å². The third-order valence-electron chi connectivity index (χ3n) is 6.04. The molecular formula is C17H32N2. The normalized spacial score (nSPS) is 38.7. The minimum absolute atomic E-state index is 0.592. The van der Waals surface area contributed by atoms with E-state index in [1.165, 1.54) is 77.3 Å². The molecule has 1 heterocycles. The molecule has 0 aromatic rings. The summed E-state index contributed by atoms with van der Waals surface area (Å²) >= 11 is 0. The monoisotopic (exact) mass is 264 g/mol. The first-order chi connectivity index (χ1) is 9.27. The van der Waals surface area contributed by atoms with Crippen molar-refractivity contribution in [3.8, 4) is 0 Å². The van der Waals surface area contributed by atoms with Gasteiger partial charge in [0, 0.05) is 18.6 Å². The zero-order chi connectivity index (χ0) is 13.1. The maximum Gasteiger partial charge on any atom is 0.0111 e. The lowest BCUT2D eigenvalue weighted by Crippen LogP contribution is -2.45. The quantitative estimate of drug-likeness (QED) is 0.812. The Labute approximate surface area is 119 Å². The molecule has 1 saturated heterocycles. The van der Waals surface area contributed by atoms with Crippen molar-refractivity contribution in [1.82, 2.24) is 10.6 Å². The Morgan fingerprint density at radius 3 is 2.58 bits per heavy atom. The Morgan fingerprint density at radius 1 is 1.00 bits per heavy atom. The standard InChI is InChI=1S/C17H32N2/c1-17(10-3-2-4-11-17)13-19-16-8-5-7-14(16)15-9-6-12-18-15/h14-16,18-19H,2-13H2,1H3. The van der Waals surface area contributed by atoms with Crippen molar-refractivity contribution < 1.29 is 0 Å². The van der Waals surface area contributed by atoms with Crippen LogP contribution in [-0.4, -0.2) is 25.2 Å². The topological polar surface area (TPSA) is 24.1 Å². The second kappa shape index (κ2) is 6.13. The molecule has 2 heteroatoms. The summed E-state index contributed by atoms with van der Waals surface area (Å²) in [5.41, 5.74) is 0.592. The van der Waals surface area contributed by atoms with E-state index < -0.39 is 0 Å². The summed E-state index contributed by atoms with van der Waals surface area (Å²) in [6.45, 7) is 5.03. The molecule has 0 bridgehead atoms. The van der Waals surface area contributed by atoms with Gasteiger partial charge in [0.05, 0.1) is 0 Å². The van der Waals surface area contributed by atoms with Crippen molar-refractivity contribution in [3.63, 3.8) is 0 Å². The van der Waals surface area contributed by atoms with E-state index in [-0.39, 0.29) is 0 Å². The summed E-state index contributed by atoms with van der Waals surface area (Å²) < 4.78 is 0. The van der Waals surface area contributed by atoms with Gasteiger partial charge in [-0.2, -0.15) is 0 Å². The van der Waals surface area contributed by atoms with E-state index >= 15 is 0 Å². The lowest BCUT2D eigenvalue weighted by atomic mass is 9.75. The molecule has 1 aliphatic heterocycles. The molecule has 3 unspecified atom stereocenters. The second-order valence-electron chi connectivity index (χ2n) is 7.66. The fourth-order valence-electron chi connectivity index (χ4n) is 4.76. The lowest BCUT2D eigenvalue weighted by Gasteiger charge is -2.36. The van der Waals surface area contributed by atoms with Crippen LogP contribution in [0.4, 0.5) is 0 Å². The van der Waals surface area contributed by atoms with Crippen LogP contribution in [0.15, 0.2) is 0 Å². The molecule has 3 rings (SSSR count).